The number of nitrogens with zero attached hydrogens (tertiary/aromatic N) is 3. The second-order valence-electron chi connectivity index (χ2n) is 9.77. The fourth-order valence-corrected chi connectivity index (χ4v) is 4.97. The maximum absolute atomic E-state index is 12.7. The molecule has 1 atom stereocenters. The lowest BCUT2D eigenvalue weighted by molar-refractivity contribution is 0.0428. The number of carbonyl (C=O) groups is 1. The maximum atomic E-state index is 12.7. The predicted molar refractivity (Wildman–Crippen MR) is 120 cm³/mol. The van der Waals surface area contributed by atoms with E-state index in [2.05, 4.69) is 39.5 Å². The van der Waals surface area contributed by atoms with Crippen molar-refractivity contribution < 1.29 is 9.53 Å². The van der Waals surface area contributed by atoms with Crippen LogP contribution in [-0.4, -0.2) is 29.8 Å². The number of ether oxygens (including phenoxy) is 1. The van der Waals surface area contributed by atoms with Gasteiger partial charge in [-0.05, 0) is 70.2 Å². The van der Waals surface area contributed by atoms with Gasteiger partial charge < -0.3 is 15.0 Å². The average Bonchev–Trinajstić information content (AvgIpc) is 2.99. The number of carbonyl (C=O) groups excluding carboxylic acids is 1. The number of rotatable bonds is 2. The van der Waals surface area contributed by atoms with Crippen molar-refractivity contribution >= 4 is 11.9 Å². The summed E-state index contributed by atoms with van der Waals surface area (Å²) in [7, 11) is 0. The van der Waals surface area contributed by atoms with E-state index in [1.165, 1.54) is 11.1 Å². The number of aromatic nitrogens is 1. The highest BCUT2D eigenvalue weighted by Crippen LogP contribution is 2.52. The fraction of sp³-hybridized carbons (Fsp3) is 0.480. The van der Waals surface area contributed by atoms with E-state index in [-0.39, 0.29) is 17.6 Å². The van der Waals surface area contributed by atoms with Gasteiger partial charge in [-0.1, -0.05) is 24.3 Å². The van der Waals surface area contributed by atoms with Gasteiger partial charge in [0.05, 0.1) is 17.7 Å². The van der Waals surface area contributed by atoms with E-state index >= 15 is 0 Å². The van der Waals surface area contributed by atoms with E-state index in [0.29, 0.717) is 5.56 Å². The third-order valence-electron chi connectivity index (χ3n) is 6.33. The summed E-state index contributed by atoms with van der Waals surface area (Å²) >= 11 is 0. The Balaban J connectivity index is 1.56. The van der Waals surface area contributed by atoms with Gasteiger partial charge in [-0.25, -0.2) is 9.78 Å². The van der Waals surface area contributed by atoms with Crippen LogP contribution in [0.2, 0.25) is 0 Å². The van der Waals surface area contributed by atoms with Crippen LogP contribution < -0.4 is 10.2 Å². The third-order valence-corrected chi connectivity index (χ3v) is 6.33. The topological polar surface area (TPSA) is 78.2 Å². The Morgan fingerprint density at radius 2 is 1.97 bits per heavy atom. The van der Waals surface area contributed by atoms with E-state index in [9.17, 15) is 10.1 Å². The summed E-state index contributed by atoms with van der Waals surface area (Å²) in [5, 5.41) is 12.5. The van der Waals surface area contributed by atoms with Gasteiger partial charge in [0.2, 0.25) is 0 Å². The monoisotopic (exact) mass is 418 g/mol. The molecule has 0 saturated carbocycles. The van der Waals surface area contributed by atoms with Gasteiger partial charge >= 0.3 is 6.09 Å². The quantitative estimate of drug-likeness (QED) is 0.767. The third kappa shape index (κ3) is 4.36. The molecule has 1 aromatic heterocycles. The average molecular weight is 419 g/mol. The number of aryl methyl sites for hydroxylation is 1. The summed E-state index contributed by atoms with van der Waals surface area (Å²) < 4.78 is 5.58. The Labute approximate surface area is 184 Å². The molecule has 2 aliphatic rings. The normalized spacial score (nSPS) is 19.6. The summed E-state index contributed by atoms with van der Waals surface area (Å²) in [4.78, 5) is 19.6. The predicted octanol–water partition coefficient (Wildman–Crippen LogP) is 4.67. The highest BCUT2D eigenvalue weighted by atomic mass is 16.6. The van der Waals surface area contributed by atoms with E-state index in [4.69, 9.17) is 4.74 Å². The van der Waals surface area contributed by atoms with Crippen molar-refractivity contribution in [3.8, 4) is 6.07 Å². The Bertz CT molecular complexity index is 1030. The second kappa shape index (κ2) is 7.88. The molecule has 0 unspecified atom stereocenters. The van der Waals surface area contributed by atoms with E-state index in [1.807, 2.05) is 45.9 Å². The van der Waals surface area contributed by atoms with Gasteiger partial charge in [0.1, 0.15) is 11.4 Å². The van der Waals surface area contributed by atoms with E-state index in [1.54, 1.807) is 0 Å². The van der Waals surface area contributed by atoms with Gasteiger partial charge in [-0.15, -0.1) is 0 Å². The van der Waals surface area contributed by atoms with E-state index < -0.39 is 5.60 Å². The number of amides is 1. The number of nitriles is 1. The Kier molecular flexibility index (Phi) is 5.38. The molecule has 1 saturated heterocycles. The van der Waals surface area contributed by atoms with Crippen LogP contribution >= 0.6 is 0 Å². The summed E-state index contributed by atoms with van der Waals surface area (Å²) in [6.45, 7) is 9.24. The van der Waals surface area contributed by atoms with Crippen LogP contribution in [0.1, 0.15) is 62.0 Å². The van der Waals surface area contributed by atoms with Crippen LogP contribution in [0, 0.1) is 23.7 Å². The number of piperidine rings is 1. The Hall–Kier alpha value is -3.07. The smallest absolute Gasteiger partial charge is 0.408 e. The molecule has 1 spiro atoms. The van der Waals surface area contributed by atoms with Gasteiger partial charge in [0, 0.05) is 24.2 Å². The van der Waals surface area contributed by atoms with Crippen LogP contribution in [0.5, 0.6) is 0 Å². The van der Waals surface area contributed by atoms with Crippen molar-refractivity contribution in [3.63, 3.8) is 0 Å². The van der Waals surface area contributed by atoms with Crippen molar-refractivity contribution in [1.29, 1.82) is 5.26 Å². The molecule has 0 radical (unpaired) electrons. The van der Waals surface area contributed by atoms with Gasteiger partial charge in [-0.2, -0.15) is 5.26 Å². The number of pyridine rings is 1. The first kappa shape index (κ1) is 21.2. The zero-order valence-electron chi connectivity index (χ0n) is 18.7. The number of hydrogen-bond acceptors (Lipinski definition) is 5. The lowest BCUT2D eigenvalue weighted by Crippen LogP contribution is -2.48. The highest BCUT2D eigenvalue weighted by molar-refractivity contribution is 5.69. The lowest BCUT2D eigenvalue weighted by Gasteiger charge is -2.44. The van der Waals surface area contributed by atoms with Gasteiger partial charge in [0.25, 0.3) is 0 Å². The molecule has 1 aliphatic carbocycles. The first-order valence-electron chi connectivity index (χ1n) is 10.9. The van der Waals surface area contributed by atoms with Crippen LogP contribution in [0.3, 0.4) is 0 Å². The van der Waals surface area contributed by atoms with E-state index in [0.717, 1.165) is 43.9 Å². The molecule has 2 heterocycles. The first-order valence-corrected chi connectivity index (χ1v) is 10.9. The standard InChI is InChI=1S/C25H30N4O2/c1-17-13-18(16-26)14-21(27-17)29-11-9-25(10-12-29)15-19-7-5-6-8-20(19)22(25)28-23(30)31-24(2,3)4/h5-8,13-14,22H,9-12,15H2,1-4H3,(H,28,30)/t22-/m1/s1. The molecule has 1 fully saturated rings. The van der Waals surface area contributed by atoms with Crippen molar-refractivity contribution in [2.24, 2.45) is 5.41 Å². The molecule has 2 aromatic rings. The zero-order valence-corrected chi connectivity index (χ0v) is 18.7. The fourth-order valence-electron chi connectivity index (χ4n) is 4.97. The minimum Gasteiger partial charge on any atom is -0.444 e. The molecule has 1 amide bonds. The number of nitrogens with one attached hydrogen (secondary N) is 1. The molecule has 0 bridgehead atoms. The largest absolute Gasteiger partial charge is 0.444 e. The molecule has 162 valence electrons. The number of anilines is 1. The zero-order chi connectivity index (χ0) is 22.2. The summed E-state index contributed by atoms with van der Waals surface area (Å²) in [5.74, 6) is 0.860. The summed E-state index contributed by atoms with van der Waals surface area (Å²) in [6, 6.07) is 14.2. The Morgan fingerprint density at radius 3 is 2.65 bits per heavy atom. The molecule has 1 aromatic carbocycles. The number of hydrogen-bond donors (Lipinski definition) is 1. The van der Waals surface area contributed by atoms with Crippen LogP contribution in [0.15, 0.2) is 36.4 Å². The molecular formula is C25H30N4O2. The molecule has 6 nitrogen and oxygen atoms in total. The number of alkyl carbamates (subject to hydrolysis) is 1. The first-order chi connectivity index (χ1) is 14.7. The van der Waals surface area contributed by atoms with Gasteiger partial charge in [-0.3, -0.25) is 0 Å². The molecule has 1 aliphatic heterocycles. The molecule has 31 heavy (non-hydrogen) atoms. The second-order valence-corrected chi connectivity index (χ2v) is 9.77. The van der Waals surface area contributed by atoms with Crippen LogP contribution in [0.4, 0.5) is 10.6 Å². The summed E-state index contributed by atoms with van der Waals surface area (Å²) in [5.41, 5.74) is 3.42. The minimum atomic E-state index is -0.534. The molecular weight excluding hydrogens is 388 g/mol. The Morgan fingerprint density at radius 1 is 1.26 bits per heavy atom. The van der Waals surface area contributed by atoms with Crippen molar-refractivity contribution in [2.75, 3.05) is 18.0 Å². The van der Waals surface area contributed by atoms with Crippen molar-refractivity contribution in [2.45, 2.75) is 58.6 Å². The van der Waals surface area contributed by atoms with Crippen molar-refractivity contribution in [1.82, 2.24) is 10.3 Å². The minimum absolute atomic E-state index is 0.0427. The SMILES string of the molecule is Cc1cc(C#N)cc(N2CCC3(CC2)Cc2ccccc2[C@H]3NC(=O)OC(C)(C)C)n1. The van der Waals surface area contributed by atoms with Gasteiger partial charge in [0.15, 0.2) is 0 Å². The molecule has 4 rings (SSSR count). The van der Waals surface area contributed by atoms with Crippen molar-refractivity contribution in [3.05, 3.63) is 58.8 Å². The highest BCUT2D eigenvalue weighted by Gasteiger charge is 2.48. The maximum Gasteiger partial charge on any atom is 0.408 e. The van der Waals surface area contributed by atoms with Crippen LogP contribution in [-0.2, 0) is 11.2 Å². The number of fused-ring (bicyclic) bond motifs is 1. The molecule has 1 N–H and O–H groups in total. The molecule has 6 heteroatoms. The number of benzene rings is 1. The summed E-state index contributed by atoms with van der Waals surface area (Å²) in [6.07, 6.45) is 2.44. The lowest BCUT2D eigenvalue weighted by atomic mass is 9.72. The van der Waals surface area contributed by atoms with Crippen LogP contribution in [0.25, 0.3) is 0 Å².